The number of anilines is 1. The third kappa shape index (κ3) is 5.71. The van der Waals surface area contributed by atoms with E-state index in [0.29, 0.717) is 22.7 Å². The molecule has 0 aromatic heterocycles. The Bertz CT molecular complexity index is 1400. The number of ether oxygens (including phenoxy) is 3. The van der Waals surface area contributed by atoms with E-state index in [0.717, 1.165) is 4.31 Å². The number of methoxy groups -OCH3 is 2. The lowest BCUT2D eigenvalue weighted by Crippen LogP contribution is -2.50. The number of amides is 1. The van der Waals surface area contributed by atoms with Gasteiger partial charge in [0.1, 0.15) is 11.5 Å². The average molecular weight is 545 g/mol. The molecule has 0 spiro atoms. The Morgan fingerprint density at radius 2 is 1.76 bits per heavy atom. The molecule has 4 rings (SSSR count). The first-order chi connectivity index (χ1) is 17.7. The molecule has 194 valence electrons. The maximum atomic E-state index is 13.7. The van der Waals surface area contributed by atoms with E-state index in [4.69, 9.17) is 25.8 Å². The summed E-state index contributed by atoms with van der Waals surface area (Å²) < 4.78 is 44.2. The lowest BCUT2D eigenvalue weighted by atomic mass is 10.2. The largest absolute Gasteiger partial charge is 0.495 e. The molecular formula is C26H25ClN2O7S. The summed E-state index contributed by atoms with van der Waals surface area (Å²) in [5.74, 6) is -0.542. The number of carbonyl (C=O) groups is 2. The van der Waals surface area contributed by atoms with Crippen molar-refractivity contribution in [2.45, 2.75) is 17.5 Å². The Morgan fingerprint density at radius 3 is 2.43 bits per heavy atom. The van der Waals surface area contributed by atoms with E-state index in [9.17, 15) is 18.0 Å². The second kappa shape index (κ2) is 11.2. The third-order valence-electron chi connectivity index (χ3n) is 5.81. The monoisotopic (exact) mass is 544 g/mol. The van der Waals surface area contributed by atoms with E-state index in [1.165, 1.54) is 37.3 Å². The van der Waals surface area contributed by atoms with Crippen LogP contribution in [0.5, 0.6) is 11.5 Å². The van der Waals surface area contributed by atoms with E-state index in [2.05, 4.69) is 0 Å². The van der Waals surface area contributed by atoms with Crippen molar-refractivity contribution in [1.29, 1.82) is 0 Å². The van der Waals surface area contributed by atoms with Gasteiger partial charge < -0.3 is 19.1 Å². The van der Waals surface area contributed by atoms with Crippen LogP contribution in [-0.4, -0.2) is 58.0 Å². The smallest absolute Gasteiger partial charge is 0.348 e. The van der Waals surface area contributed by atoms with Crippen LogP contribution >= 0.6 is 11.6 Å². The minimum Gasteiger partial charge on any atom is -0.495 e. The van der Waals surface area contributed by atoms with Crippen molar-refractivity contribution in [3.63, 3.8) is 0 Å². The number of benzene rings is 3. The molecule has 0 bridgehead atoms. The Kier molecular flexibility index (Phi) is 8.01. The van der Waals surface area contributed by atoms with Crippen molar-refractivity contribution >= 4 is 39.2 Å². The second-order valence-electron chi connectivity index (χ2n) is 8.16. The molecular weight excluding hydrogens is 520 g/mol. The second-order valence-corrected chi connectivity index (χ2v) is 10.5. The van der Waals surface area contributed by atoms with E-state index in [-0.39, 0.29) is 23.0 Å². The molecule has 1 heterocycles. The molecule has 0 saturated carbocycles. The molecule has 0 aliphatic carbocycles. The predicted molar refractivity (Wildman–Crippen MR) is 137 cm³/mol. The van der Waals surface area contributed by atoms with Gasteiger partial charge >= 0.3 is 5.97 Å². The number of hydrogen-bond donors (Lipinski definition) is 0. The average Bonchev–Trinajstić information content (AvgIpc) is 2.92. The summed E-state index contributed by atoms with van der Waals surface area (Å²) in [4.78, 5) is 27.1. The minimum absolute atomic E-state index is 0.0645. The number of esters is 1. The van der Waals surface area contributed by atoms with E-state index < -0.39 is 34.5 Å². The minimum atomic E-state index is -4.17. The molecule has 1 aliphatic rings. The van der Waals surface area contributed by atoms with Gasteiger partial charge in [-0.25, -0.2) is 13.2 Å². The molecule has 9 nitrogen and oxygen atoms in total. The van der Waals surface area contributed by atoms with E-state index in [1.807, 2.05) is 6.07 Å². The van der Waals surface area contributed by atoms with Crippen molar-refractivity contribution in [2.24, 2.45) is 0 Å². The Labute approximate surface area is 220 Å². The number of halogens is 1. The molecule has 0 fully saturated rings. The van der Waals surface area contributed by atoms with E-state index in [1.54, 1.807) is 48.5 Å². The van der Waals surface area contributed by atoms with Crippen LogP contribution in [0.3, 0.4) is 0 Å². The van der Waals surface area contributed by atoms with E-state index >= 15 is 0 Å². The molecule has 37 heavy (non-hydrogen) atoms. The lowest BCUT2D eigenvalue weighted by molar-refractivity contribution is -0.148. The molecule has 1 amide bonds. The number of nitrogens with zero attached hydrogens (tertiary/aromatic N) is 2. The number of fused-ring (bicyclic) bond motifs is 1. The number of para-hydroxylation sites is 2. The maximum absolute atomic E-state index is 13.7. The van der Waals surface area contributed by atoms with Crippen molar-refractivity contribution in [1.82, 2.24) is 4.31 Å². The van der Waals surface area contributed by atoms with Crippen LogP contribution in [0.15, 0.2) is 77.7 Å². The molecule has 0 radical (unpaired) electrons. The fourth-order valence-electron chi connectivity index (χ4n) is 3.93. The highest BCUT2D eigenvalue weighted by molar-refractivity contribution is 7.89. The van der Waals surface area contributed by atoms with Gasteiger partial charge in [-0.05, 0) is 35.9 Å². The first-order valence-corrected chi connectivity index (χ1v) is 13.1. The molecule has 0 saturated heterocycles. The van der Waals surface area contributed by atoms with Gasteiger partial charge in [0, 0.05) is 6.54 Å². The summed E-state index contributed by atoms with van der Waals surface area (Å²) in [6.07, 6.45) is -1.05. The van der Waals surface area contributed by atoms with Crippen LogP contribution in [0.2, 0.25) is 5.02 Å². The predicted octanol–water partition coefficient (Wildman–Crippen LogP) is 3.51. The summed E-state index contributed by atoms with van der Waals surface area (Å²) in [5.41, 5.74) is 1.12. The van der Waals surface area contributed by atoms with Gasteiger partial charge in [-0.15, -0.1) is 0 Å². The number of hydrogen-bond acceptors (Lipinski definition) is 7. The fourth-order valence-corrected chi connectivity index (χ4v) is 5.66. The fraction of sp³-hybridized carbons (Fsp3) is 0.231. The molecule has 1 atom stereocenters. The van der Waals surface area contributed by atoms with Crippen molar-refractivity contribution in [3.05, 3.63) is 83.4 Å². The first kappa shape index (κ1) is 26.5. The standard InChI is InChI=1S/C26H25ClN2O7S/c1-34-22-13-12-19(14-20(22)27)37(32,33)28(15-18-8-4-3-5-9-18)17-25(30)29-16-24(26(31)35-2)36-23-11-7-6-10-21(23)29/h3-14,24H,15-17H2,1-2H3/t24-/m1/s1. The van der Waals surface area contributed by atoms with Gasteiger partial charge in [0.2, 0.25) is 22.0 Å². The SMILES string of the molecule is COC(=O)[C@H]1CN(C(=O)CN(Cc2ccccc2)S(=O)(=O)c2ccc(OC)c(Cl)c2)c2ccccc2O1. The quantitative estimate of drug-likeness (QED) is 0.400. The maximum Gasteiger partial charge on any atom is 0.348 e. The van der Waals surface area contributed by atoms with Gasteiger partial charge in [0.25, 0.3) is 0 Å². The summed E-state index contributed by atoms with van der Waals surface area (Å²) in [6, 6.07) is 19.8. The highest BCUT2D eigenvalue weighted by atomic mass is 35.5. The van der Waals surface area contributed by atoms with Gasteiger partial charge in [-0.3, -0.25) is 4.79 Å². The van der Waals surface area contributed by atoms with Gasteiger partial charge in [0.05, 0.1) is 42.9 Å². The van der Waals surface area contributed by atoms with Crippen LogP contribution in [0.1, 0.15) is 5.56 Å². The highest BCUT2D eigenvalue weighted by Gasteiger charge is 2.36. The summed E-state index contributed by atoms with van der Waals surface area (Å²) in [7, 11) is -1.51. The van der Waals surface area contributed by atoms with Crippen molar-refractivity contribution < 1.29 is 32.2 Å². The summed E-state index contributed by atoms with van der Waals surface area (Å²) in [6.45, 7) is -0.690. The molecule has 3 aromatic rings. The first-order valence-electron chi connectivity index (χ1n) is 11.3. The molecule has 11 heteroatoms. The van der Waals surface area contributed by atoms with Gasteiger partial charge in [0.15, 0.2) is 0 Å². The Hall–Kier alpha value is -3.60. The zero-order valence-electron chi connectivity index (χ0n) is 20.2. The number of carbonyl (C=O) groups excluding carboxylic acids is 2. The molecule has 0 N–H and O–H groups in total. The third-order valence-corrected chi connectivity index (χ3v) is 7.90. The summed E-state index contributed by atoms with van der Waals surface area (Å²) in [5, 5.41) is 0.123. The lowest BCUT2D eigenvalue weighted by Gasteiger charge is -2.34. The van der Waals surface area contributed by atoms with Crippen molar-refractivity contribution in [3.8, 4) is 11.5 Å². The van der Waals surface area contributed by atoms with Crippen LogP contribution < -0.4 is 14.4 Å². The summed E-state index contributed by atoms with van der Waals surface area (Å²) >= 11 is 6.20. The Morgan fingerprint density at radius 1 is 1.05 bits per heavy atom. The van der Waals surface area contributed by atoms with Crippen LogP contribution in [0.25, 0.3) is 0 Å². The Balaban J connectivity index is 1.69. The molecule has 3 aromatic carbocycles. The zero-order chi connectivity index (χ0) is 26.6. The molecule has 1 aliphatic heterocycles. The van der Waals surface area contributed by atoms with Gasteiger partial charge in [-0.2, -0.15) is 4.31 Å². The number of sulfonamides is 1. The molecule has 0 unspecified atom stereocenters. The van der Waals surface area contributed by atoms with Crippen LogP contribution in [-0.2, 0) is 30.9 Å². The number of rotatable bonds is 8. The van der Waals surface area contributed by atoms with Crippen LogP contribution in [0.4, 0.5) is 5.69 Å². The van der Waals surface area contributed by atoms with Gasteiger partial charge in [-0.1, -0.05) is 54.1 Å². The topological polar surface area (TPSA) is 102 Å². The highest BCUT2D eigenvalue weighted by Crippen LogP contribution is 2.34. The van der Waals surface area contributed by atoms with Crippen molar-refractivity contribution in [2.75, 3.05) is 32.2 Å². The van der Waals surface area contributed by atoms with Crippen LogP contribution in [0, 0.1) is 0 Å². The zero-order valence-corrected chi connectivity index (χ0v) is 21.7. The normalized spacial score (nSPS) is 15.0.